The molecule has 2 atom stereocenters. The van der Waals surface area contributed by atoms with Gasteiger partial charge in [0.2, 0.25) is 0 Å². The summed E-state index contributed by atoms with van der Waals surface area (Å²) in [5.74, 6) is 0.651. The first-order chi connectivity index (χ1) is 16.5. The molecule has 0 bridgehead atoms. The minimum absolute atomic E-state index is 0. The van der Waals surface area contributed by atoms with Crippen LogP contribution < -0.4 is 5.32 Å². The Labute approximate surface area is 227 Å². The van der Waals surface area contributed by atoms with Crippen LogP contribution in [0.4, 0.5) is 4.79 Å². The van der Waals surface area contributed by atoms with Crippen molar-refractivity contribution in [2.75, 3.05) is 27.2 Å². The summed E-state index contributed by atoms with van der Waals surface area (Å²) >= 11 is 0. The van der Waals surface area contributed by atoms with Gasteiger partial charge in [-0.25, -0.2) is 4.79 Å². The maximum Gasteiger partial charge on any atom is 1.00 e. The molecule has 2 aromatic rings. The minimum Gasteiger partial charge on any atom is -0.659 e. The molecule has 0 radical (unpaired) electrons. The minimum atomic E-state index is -0.600. The Kier molecular flexibility index (Phi) is 12.3. The molecule has 1 heterocycles. The van der Waals surface area contributed by atoms with Crippen LogP contribution in [-0.4, -0.2) is 50.3 Å². The molecule has 1 N–H and O–H groups in total. The van der Waals surface area contributed by atoms with Gasteiger partial charge in [-0.15, -0.1) is 12.6 Å². The summed E-state index contributed by atoms with van der Waals surface area (Å²) in [5.41, 5.74) is 1.62. The SMILES string of the molecule is C/C=C(\OC(=O)NCCC1CCCC[N-]1)C(CC(C)N(C)C)(c1ccccc1)c1ccccc1.[Ag+]. The van der Waals surface area contributed by atoms with E-state index in [9.17, 15) is 4.79 Å². The summed E-state index contributed by atoms with van der Waals surface area (Å²) in [6.45, 7) is 5.67. The molecule has 1 fully saturated rings. The van der Waals surface area contributed by atoms with Crippen molar-refractivity contribution in [1.82, 2.24) is 10.2 Å². The van der Waals surface area contributed by atoms with Crippen LogP contribution in [0.3, 0.4) is 0 Å². The maximum absolute atomic E-state index is 13.0. The van der Waals surface area contributed by atoms with Gasteiger partial charge in [-0.2, -0.15) is 0 Å². The van der Waals surface area contributed by atoms with Crippen LogP contribution in [0.2, 0.25) is 0 Å². The van der Waals surface area contributed by atoms with E-state index < -0.39 is 11.5 Å². The van der Waals surface area contributed by atoms with Crippen LogP contribution in [0.1, 0.15) is 57.1 Å². The number of ether oxygens (including phenoxy) is 1. The average Bonchev–Trinajstić information content (AvgIpc) is 2.87. The van der Waals surface area contributed by atoms with Gasteiger partial charge in [0.1, 0.15) is 5.76 Å². The van der Waals surface area contributed by atoms with Gasteiger partial charge in [-0.1, -0.05) is 86.3 Å². The number of piperidine rings is 1. The summed E-state index contributed by atoms with van der Waals surface area (Å²) in [4.78, 5) is 15.2. The number of nitrogens with one attached hydrogen (secondary N) is 1. The van der Waals surface area contributed by atoms with Crippen LogP contribution in [0.15, 0.2) is 72.5 Å². The van der Waals surface area contributed by atoms with Gasteiger partial charge in [-0.05, 0) is 51.6 Å². The van der Waals surface area contributed by atoms with Gasteiger partial charge in [0.05, 0.1) is 5.41 Å². The summed E-state index contributed by atoms with van der Waals surface area (Å²) in [5, 5.41) is 7.64. The fraction of sp³-hybridized carbons (Fsp3) is 0.483. The maximum atomic E-state index is 13.0. The van der Waals surface area contributed by atoms with Gasteiger partial charge in [-0.3, -0.25) is 0 Å². The molecule has 0 saturated carbocycles. The quantitative estimate of drug-likeness (QED) is 0.271. The third-order valence-electron chi connectivity index (χ3n) is 6.98. The molecule has 5 nitrogen and oxygen atoms in total. The van der Waals surface area contributed by atoms with E-state index in [1.807, 2.05) is 49.4 Å². The largest absolute Gasteiger partial charge is 1.00 e. The monoisotopic (exact) mass is 569 g/mol. The predicted molar refractivity (Wildman–Crippen MR) is 140 cm³/mol. The number of allylic oxidation sites excluding steroid dienone is 2. The molecular weight excluding hydrogens is 530 g/mol. The van der Waals surface area contributed by atoms with Crippen molar-refractivity contribution in [1.29, 1.82) is 0 Å². The van der Waals surface area contributed by atoms with Gasteiger partial charge in [0.25, 0.3) is 0 Å². The second-order valence-electron chi connectivity index (χ2n) is 9.47. The zero-order valence-electron chi connectivity index (χ0n) is 21.5. The Morgan fingerprint density at radius 1 is 1.11 bits per heavy atom. The summed E-state index contributed by atoms with van der Waals surface area (Å²) in [7, 11) is 4.18. The molecule has 6 heteroatoms. The van der Waals surface area contributed by atoms with Crippen LogP contribution in [0, 0.1) is 0 Å². The van der Waals surface area contributed by atoms with Crippen molar-refractivity contribution < 1.29 is 31.9 Å². The van der Waals surface area contributed by atoms with E-state index in [1.54, 1.807) is 0 Å². The van der Waals surface area contributed by atoms with Gasteiger partial charge < -0.3 is 20.3 Å². The van der Waals surface area contributed by atoms with Crippen molar-refractivity contribution in [3.05, 3.63) is 88.9 Å². The Bertz CT molecular complexity index is 873. The standard InChI is InChI=1S/C29H40N3O2.Ag/c1-5-27(34-28(33)31-21-19-26-18-12-13-20-30-26)29(22-23(2)32(3)4,24-14-8-6-9-15-24)25-16-10-7-11-17-25;/h5-11,14-17,23,26H,12-13,18-22H2,1-4H3,(H,31,33);/q-1;+1/b27-5-;. The average molecular weight is 571 g/mol. The number of alkyl carbamates (subject to hydrolysis) is 1. The zero-order valence-corrected chi connectivity index (χ0v) is 22.9. The third-order valence-corrected chi connectivity index (χ3v) is 6.98. The van der Waals surface area contributed by atoms with Gasteiger partial charge in [0.15, 0.2) is 0 Å². The second-order valence-corrected chi connectivity index (χ2v) is 9.47. The van der Waals surface area contributed by atoms with E-state index in [0.29, 0.717) is 18.3 Å². The molecule has 1 aliphatic rings. The van der Waals surface area contributed by atoms with E-state index in [4.69, 9.17) is 4.74 Å². The third kappa shape index (κ3) is 7.80. The van der Waals surface area contributed by atoms with Gasteiger partial charge in [0, 0.05) is 12.6 Å². The molecule has 2 aromatic carbocycles. The number of benzene rings is 2. The van der Waals surface area contributed by atoms with Gasteiger partial charge >= 0.3 is 28.5 Å². The second kappa shape index (κ2) is 14.6. The fourth-order valence-electron chi connectivity index (χ4n) is 4.82. The number of hydrogen-bond acceptors (Lipinski definition) is 3. The first-order valence-electron chi connectivity index (χ1n) is 12.5. The number of hydrogen-bond donors (Lipinski definition) is 1. The van der Waals surface area contributed by atoms with Crippen molar-refractivity contribution in [2.24, 2.45) is 0 Å². The van der Waals surface area contributed by atoms with Crippen LogP contribution in [0.5, 0.6) is 0 Å². The van der Waals surface area contributed by atoms with Crippen molar-refractivity contribution in [3.63, 3.8) is 0 Å². The number of nitrogens with zero attached hydrogens (tertiary/aromatic N) is 2. The molecule has 1 amide bonds. The Morgan fingerprint density at radius 2 is 1.71 bits per heavy atom. The van der Waals surface area contributed by atoms with Crippen LogP contribution >= 0.6 is 0 Å². The zero-order chi connectivity index (χ0) is 24.4. The first-order valence-corrected chi connectivity index (χ1v) is 12.5. The van der Waals surface area contributed by atoms with Crippen LogP contribution in [0.25, 0.3) is 5.32 Å². The number of rotatable bonds is 10. The molecule has 0 spiro atoms. The topological polar surface area (TPSA) is 55.7 Å². The molecule has 0 aromatic heterocycles. The summed E-state index contributed by atoms with van der Waals surface area (Å²) in [6, 6.07) is 21.4. The molecule has 2 unspecified atom stereocenters. The first kappa shape index (κ1) is 29.3. The smallest absolute Gasteiger partial charge is 0.659 e. The Morgan fingerprint density at radius 3 is 2.20 bits per heavy atom. The van der Waals surface area contributed by atoms with E-state index >= 15 is 0 Å². The van der Waals surface area contributed by atoms with E-state index in [-0.39, 0.29) is 28.4 Å². The molecule has 0 aliphatic carbocycles. The molecule has 35 heavy (non-hydrogen) atoms. The fourth-order valence-corrected chi connectivity index (χ4v) is 4.82. The number of amides is 1. The van der Waals surface area contributed by atoms with E-state index in [2.05, 4.69) is 60.8 Å². The molecule has 1 aliphatic heterocycles. The Balaban J connectivity index is 0.00000432. The van der Waals surface area contributed by atoms with E-state index in [0.717, 1.165) is 36.9 Å². The number of carbonyl (C=O) groups is 1. The molecular formula is C29H40AgN3O2. The molecule has 1 saturated heterocycles. The number of carbonyl (C=O) groups excluding carboxylic acids is 1. The van der Waals surface area contributed by atoms with Crippen molar-refractivity contribution in [3.8, 4) is 0 Å². The Hall–Kier alpha value is -1.89. The van der Waals surface area contributed by atoms with Crippen molar-refractivity contribution in [2.45, 2.75) is 63.5 Å². The van der Waals surface area contributed by atoms with E-state index in [1.165, 1.54) is 12.8 Å². The summed E-state index contributed by atoms with van der Waals surface area (Å²) in [6.07, 6.45) is 6.69. The normalized spacial score (nSPS) is 17.4. The van der Waals surface area contributed by atoms with Crippen LogP contribution in [-0.2, 0) is 32.5 Å². The molecule has 3 rings (SSSR count). The predicted octanol–water partition coefficient (Wildman–Crippen LogP) is 6.26. The molecule has 194 valence electrons. The summed E-state index contributed by atoms with van der Waals surface area (Å²) < 4.78 is 6.11. The van der Waals surface area contributed by atoms with Crippen molar-refractivity contribution >= 4 is 6.09 Å².